The van der Waals surface area contributed by atoms with Crippen LogP contribution in [0.5, 0.6) is 0 Å². The Morgan fingerprint density at radius 1 is 1.09 bits per heavy atom. The van der Waals surface area contributed by atoms with Gasteiger partial charge in [-0.15, -0.1) is 0 Å². The second-order valence-corrected chi connectivity index (χ2v) is 1.36. The summed E-state index contributed by atoms with van der Waals surface area (Å²) < 4.78 is 3.53. The van der Waals surface area contributed by atoms with Gasteiger partial charge >= 0.3 is 18.1 Å². The minimum absolute atomic E-state index is 0.477. The van der Waals surface area contributed by atoms with Gasteiger partial charge in [0.25, 0.3) is 0 Å². The molecule has 0 radical (unpaired) electrons. The second kappa shape index (κ2) is 4.04. The molecule has 0 saturated carbocycles. The van der Waals surface area contributed by atoms with Crippen molar-refractivity contribution in [3.05, 3.63) is 12.2 Å². The van der Waals surface area contributed by atoms with Crippen LogP contribution in [0.15, 0.2) is 12.2 Å². The summed E-state index contributed by atoms with van der Waals surface area (Å²) in [5.74, 6) is -2.59. The topological polar surface area (TPSA) is 101 Å². The highest BCUT2D eigenvalue weighted by Gasteiger charge is 2.03. The van der Waals surface area contributed by atoms with Crippen LogP contribution in [0.25, 0.3) is 0 Å². The van der Waals surface area contributed by atoms with E-state index in [1.54, 1.807) is 0 Å². The highest BCUT2D eigenvalue weighted by atomic mass is 16.7. The molecule has 0 bridgehead atoms. The highest BCUT2D eigenvalue weighted by Crippen LogP contribution is 1.82. The number of rotatable bonds is 2. The van der Waals surface area contributed by atoms with Crippen LogP contribution in [-0.4, -0.2) is 28.3 Å². The Morgan fingerprint density at radius 2 is 1.64 bits per heavy atom. The molecule has 11 heavy (non-hydrogen) atoms. The summed E-state index contributed by atoms with van der Waals surface area (Å²) in [5.41, 5.74) is 0. The molecule has 6 heteroatoms. The molecular weight excluding hydrogens is 156 g/mol. The minimum atomic E-state index is -1.77. The Labute approximate surface area is 60.7 Å². The van der Waals surface area contributed by atoms with E-state index in [2.05, 4.69) is 4.74 Å². The summed E-state index contributed by atoms with van der Waals surface area (Å²) >= 11 is 0. The Kier molecular flexibility index (Phi) is 3.36. The largest absolute Gasteiger partial charge is 0.513 e. The van der Waals surface area contributed by atoms with E-state index in [9.17, 15) is 14.4 Å². The molecule has 0 aromatic heterocycles. The van der Waals surface area contributed by atoms with E-state index in [4.69, 9.17) is 10.2 Å². The number of carboxylic acids is 1. The number of carbonyl (C=O) groups excluding carboxylic acids is 1. The van der Waals surface area contributed by atoms with Crippen molar-refractivity contribution in [2.75, 3.05) is 0 Å². The molecule has 0 aliphatic rings. The van der Waals surface area contributed by atoms with Crippen LogP contribution in [0, 0.1) is 0 Å². The first-order valence-electron chi connectivity index (χ1n) is 2.38. The lowest BCUT2D eigenvalue weighted by Gasteiger charge is -1.88. The zero-order valence-corrected chi connectivity index (χ0v) is 5.18. The maximum absolute atomic E-state index is 10.2. The molecule has 0 aromatic carbocycles. The van der Waals surface area contributed by atoms with Gasteiger partial charge in [-0.05, 0) is 0 Å². The number of carbonyl (C=O) groups is 3. The molecule has 0 heterocycles. The van der Waals surface area contributed by atoms with Gasteiger partial charge in [0.2, 0.25) is 0 Å². The quantitative estimate of drug-likeness (QED) is 0.331. The Balaban J connectivity index is 3.88. The molecule has 0 aromatic rings. The zero-order valence-electron chi connectivity index (χ0n) is 5.18. The lowest BCUT2D eigenvalue weighted by atomic mass is 10.5. The molecule has 0 saturated heterocycles. The van der Waals surface area contributed by atoms with Crippen molar-refractivity contribution in [2.24, 2.45) is 0 Å². The molecule has 2 N–H and O–H groups in total. The van der Waals surface area contributed by atoms with Crippen LogP contribution in [-0.2, 0) is 14.3 Å². The van der Waals surface area contributed by atoms with E-state index in [0.29, 0.717) is 12.2 Å². The SMILES string of the molecule is O=C(O)/C=C\C(=O)OC(=O)O. The van der Waals surface area contributed by atoms with Gasteiger partial charge in [0, 0.05) is 12.2 Å². The Bertz CT molecular complexity index is 215. The lowest BCUT2D eigenvalue weighted by molar-refractivity contribution is -0.135. The molecule has 6 nitrogen and oxygen atoms in total. The molecule has 0 spiro atoms. The molecule has 0 aliphatic carbocycles. The summed E-state index contributed by atoms with van der Waals surface area (Å²) in [6.45, 7) is 0. The van der Waals surface area contributed by atoms with Gasteiger partial charge in [-0.1, -0.05) is 0 Å². The predicted octanol–water partition coefficient (Wildman–Crippen LogP) is -0.152. The fourth-order valence-electron chi connectivity index (χ4n) is 0.259. The third kappa shape index (κ3) is 6.03. The zero-order chi connectivity index (χ0) is 8.85. The summed E-state index contributed by atoms with van der Waals surface area (Å²) in [5, 5.41) is 15.8. The van der Waals surface area contributed by atoms with Gasteiger partial charge in [-0.2, -0.15) is 0 Å². The van der Waals surface area contributed by atoms with E-state index in [1.165, 1.54) is 0 Å². The number of aliphatic carboxylic acids is 1. The minimum Gasteiger partial charge on any atom is -0.478 e. The van der Waals surface area contributed by atoms with Gasteiger partial charge in [0.05, 0.1) is 0 Å². The van der Waals surface area contributed by atoms with Crippen molar-refractivity contribution in [3.8, 4) is 0 Å². The maximum Gasteiger partial charge on any atom is 0.513 e. The molecule has 0 unspecified atom stereocenters. The Hall–Kier alpha value is -1.85. The van der Waals surface area contributed by atoms with E-state index < -0.39 is 18.1 Å². The first kappa shape index (κ1) is 9.15. The van der Waals surface area contributed by atoms with Gasteiger partial charge < -0.3 is 14.9 Å². The molecular formula is C5H4O6. The van der Waals surface area contributed by atoms with Crippen LogP contribution in [0.2, 0.25) is 0 Å². The Morgan fingerprint density at radius 3 is 2.00 bits per heavy atom. The average molecular weight is 160 g/mol. The van der Waals surface area contributed by atoms with E-state index in [0.717, 1.165) is 0 Å². The molecule has 0 amide bonds. The molecule has 0 atom stereocenters. The first-order chi connectivity index (χ1) is 5.02. The van der Waals surface area contributed by atoms with Gasteiger partial charge in [-0.25, -0.2) is 14.4 Å². The van der Waals surface area contributed by atoms with Crippen LogP contribution in [0.4, 0.5) is 4.79 Å². The van der Waals surface area contributed by atoms with Crippen molar-refractivity contribution in [3.63, 3.8) is 0 Å². The molecule has 0 aliphatic heterocycles. The summed E-state index contributed by atoms with van der Waals surface area (Å²) in [6, 6.07) is 0. The molecule has 0 fully saturated rings. The molecule has 60 valence electrons. The third-order valence-electron chi connectivity index (χ3n) is 0.550. The average Bonchev–Trinajstić information content (AvgIpc) is 1.82. The predicted molar refractivity (Wildman–Crippen MR) is 30.9 cm³/mol. The van der Waals surface area contributed by atoms with Gasteiger partial charge in [0.1, 0.15) is 0 Å². The fraction of sp³-hybridized carbons (Fsp3) is 0. The number of ether oxygens (including phenoxy) is 1. The van der Waals surface area contributed by atoms with Crippen molar-refractivity contribution < 1.29 is 29.3 Å². The van der Waals surface area contributed by atoms with Crippen molar-refractivity contribution >= 4 is 18.1 Å². The standard InChI is InChI=1S/C5H4O6/c6-3(7)1-2-4(8)11-5(9)10/h1-2H,(H,6,7)(H,9,10)/b2-1-. The van der Waals surface area contributed by atoms with Crippen molar-refractivity contribution in [2.45, 2.75) is 0 Å². The number of hydrogen-bond acceptors (Lipinski definition) is 4. The number of esters is 1. The van der Waals surface area contributed by atoms with Crippen LogP contribution in [0.3, 0.4) is 0 Å². The van der Waals surface area contributed by atoms with Gasteiger partial charge in [0.15, 0.2) is 0 Å². The van der Waals surface area contributed by atoms with Gasteiger partial charge in [-0.3, -0.25) is 0 Å². The fourth-order valence-corrected chi connectivity index (χ4v) is 0.259. The number of carboxylic acid groups (broad SMARTS) is 2. The third-order valence-corrected chi connectivity index (χ3v) is 0.550. The van der Waals surface area contributed by atoms with E-state index in [-0.39, 0.29) is 0 Å². The van der Waals surface area contributed by atoms with Crippen LogP contribution < -0.4 is 0 Å². The highest BCUT2D eigenvalue weighted by molar-refractivity contribution is 5.94. The first-order valence-corrected chi connectivity index (χ1v) is 2.38. The summed E-state index contributed by atoms with van der Waals surface area (Å²) in [4.78, 5) is 29.6. The second-order valence-electron chi connectivity index (χ2n) is 1.36. The summed E-state index contributed by atoms with van der Waals surface area (Å²) in [6.07, 6.45) is -0.799. The maximum atomic E-state index is 10.2. The normalized spacial score (nSPS) is 9.45. The lowest BCUT2D eigenvalue weighted by Crippen LogP contribution is -2.07. The van der Waals surface area contributed by atoms with Crippen LogP contribution >= 0.6 is 0 Å². The van der Waals surface area contributed by atoms with E-state index >= 15 is 0 Å². The smallest absolute Gasteiger partial charge is 0.478 e. The monoisotopic (exact) mass is 160 g/mol. The summed E-state index contributed by atoms with van der Waals surface area (Å²) in [7, 11) is 0. The van der Waals surface area contributed by atoms with Crippen LogP contribution in [0.1, 0.15) is 0 Å². The number of hydrogen-bond donors (Lipinski definition) is 2. The van der Waals surface area contributed by atoms with Crippen molar-refractivity contribution in [1.29, 1.82) is 0 Å². The van der Waals surface area contributed by atoms with Crippen molar-refractivity contribution in [1.82, 2.24) is 0 Å². The molecule has 0 rings (SSSR count). The van der Waals surface area contributed by atoms with E-state index in [1.807, 2.05) is 0 Å².